The van der Waals surface area contributed by atoms with Gasteiger partial charge in [0.15, 0.2) is 5.65 Å². The largest absolute Gasteiger partial charge is 0.492 e. The highest BCUT2D eigenvalue weighted by molar-refractivity contribution is 7.12. The van der Waals surface area contributed by atoms with Crippen molar-refractivity contribution in [1.29, 1.82) is 0 Å². The summed E-state index contributed by atoms with van der Waals surface area (Å²) in [5.41, 5.74) is 3.62. The SMILES string of the molecule is O=C(NCC(F)(F)F)c1cc(-c2cnn3cc(-c4ccc(OCCN5CC[C@@H](F)C5)cc4)cnc23)cs1. The molecular formula is C25H23F4N5O2S. The number of carbonyl (C=O) groups is 1. The predicted molar refractivity (Wildman–Crippen MR) is 132 cm³/mol. The highest BCUT2D eigenvalue weighted by Crippen LogP contribution is 2.30. The highest BCUT2D eigenvalue weighted by Gasteiger charge is 2.28. The zero-order chi connectivity index (χ0) is 26.0. The Kier molecular flexibility index (Phi) is 7.11. The first-order valence-electron chi connectivity index (χ1n) is 11.6. The molecule has 5 rings (SSSR count). The smallest absolute Gasteiger partial charge is 0.405 e. The van der Waals surface area contributed by atoms with E-state index in [9.17, 15) is 22.4 Å². The number of likely N-dealkylation sites (tertiary alicyclic amines) is 1. The molecule has 1 saturated heterocycles. The monoisotopic (exact) mass is 533 g/mol. The van der Waals surface area contributed by atoms with Gasteiger partial charge in [-0.05, 0) is 41.1 Å². The van der Waals surface area contributed by atoms with Crippen molar-refractivity contribution in [1.82, 2.24) is 24.8 Å². The van der Waals surface area contributed by atoms with Gasteiger partial charge in [-0.3, -0.25) is 9.69 Å². The molecule has 3 aromatic heterocycles. The molecule has 1 atom stereocenters. The van der Waals surface area contributed by atoms with Crippen molar-refractivity contribution in [2.45, 2.75) is 18.8 Å². The van der Waals surface area contributed by atoms with E-state index in [-0.39, 0.29) is 4.88 Å². The number of ether oxygens (including phenoxy) is 1. The summed E-state index contributed by atoms with van der Waals surface area (Å²) in [7, 11) is 0. The van der Waals surface area contributed by atoms with Gasteiger partial charge in [0.25, 0.3) is 5.91 Å². The summed E-state index contributed by atoms with van der Waals surface area (Å²) in [6, 6.07) is 9.10. The van der Waals surface area contributed by atoms with Gasteiger partial charge in [-0.1, -0.05) is 12.1 Å². The summed E-state index contributed by atoms with van der Waals surface area (Å²) in [4.78, 5) is 18.8. The van der Waals surface area contributed by atoms with Gasteiger partial charge in [0, 0.05) is 43.2 Å². The van der Waals surface area contributed by atoms with Crippen LogP contribution in [0.2, 0.25) is 0 Å². The van der Waals surface area contributed by atoms with Crippen molar-refractivity contribution in [3.05, 3.63) is 59.2 Å². The molecule has 0 spiro atoms. The molecular weight excluding hydrogens is 510 g/mol. The summed E-state index contributed by atoms with van der Waals surface area (Å²) >= 11 is 1.05. The standard InChI is InChI=1S/C25H23F4N5O2S/c26-19-5-6-33(13-19)7-8-36-20-3-1-16(2-4-20)18-10-30-23-21(11-32-34(23)12-18)17-9-22(37-14-17)24(35)31-15-25(27,28)29/h1-4,9-12,14,19H,5-8,13,15H2,(H,31,35)/t19-/m1/s1. The highest BCUT2D eigenvalue weighted by atomic mass is 32.1. The Hall–Kier alpha value is -3.51. The molecule has 0 bridgehead atoms. The van der Waals surface area contributed by atoms with Crippen molar-refractivity contribution in [3.8, 4) is 28.0 Å². The minimum atomic E-state index is -4.47. The van der Waals surface area contributed by atoms with Crippen molar-refractivity contribution < 1.29 is 27.1 Å². The van der Waals surface area contributed by atoms with E-state index in [0.29, 0.717) is 42.9 Å². The van der Waals surface area contributed by atoms with E-state index in [4.69, 9.17) is 4.74 Å². The number of benzene rings is 1. The van der Waals surface area contributed by atoms with Gasteiger partial charge in [0.1, 0.15) is 25.1 Å². The van der Waals surface area contributed by atoms with Crippen molar-refractivity contribution in [2.75, 3.05) is 32.8 Å². The van der Waals surface area contributed by atoms with Gasteiger partial charge in [-0.25, -0.2) is 13.9 Å². The third kappa shape index (κ3) is 6.08. The number of nitrogens with zero attached hydrogens (tertiary/aromatic N) is 4. The Morgan fingerprint density at radius 1 is 1.16 bits per heavy atom. The summed E-state index contributed by atoms with van der Waals surface area (Å²) in [6.45, 7) is 1.03. The minimum absolute atomic E-state index is 0.171. The second kappa shape index (κ2) is 10.5. The molecule has 1 aliphatic heterocycles. The van der Waals surface area contributed by atoms with E-state index in [0.717, 1.165) is 34.8 Å². The maximum atomic E-state index is 13.3. The number of fused-ring (bicyclic) bond motifs is 1. The normalized spacial score (nSPS) is 16.4. The summed E-state index contributed by atoms with van der Waals surface area (Å²) in [6.07, 6.45) is 0.515. The van der Waals surface area contributed by atoms with Crippen LogP contribution in [-0.2, 0) is 0 Å². The van der Waals surface area contributed by atoms with Crippen LogP contribution >= 0.6 is 11.3 Å². The number of aromatic nitrogens is 3. The molecule has 37 heavy (non-hydrogen) atoms. The Balaban J connectivity index is 1.24. The van der Waals surface area contributed by atoms with Crippen LogP contribution in [0.25, 0.3) is 27.9 Å². The minimum Gasteiger partial charge on any atom is -0.492 e. The maximum absolute atomic E-state index is 13.3. The Labute approximate surface area is 213 Å². The lowest BCUT2D eigenvalue weighted by atomic mass is 10.1. The molecule has 7 nitrogen and oxygen atoms in total. The van der Waals surface area contributed by atoms with E-state index in [2.05, 4.69) is 15.0 Å². The second-order valence-corrected chi connectivity index (χ2v) is 9.64. The number of amides is 1. The number of rotatable bonds is 8. The fourth-order valence-corrected chi connectivity index (χ4v) is 4.94. The van der Waals surface area contributed by atoms with Crippen molar-refractivity contribution in [3.63, 3.8) is 0 Å². The van der Waals surface area contributed by atoms with E-state index < -0.39 is 24.8 Å². The summed E-state index contributed by atoms with van der Waals surface area (Å²) < 4.78 is 57.8. The average molecular weight is 534 g/mol. The summed E-state index contributed by atoms with van der Waals surface area (Å²) in [5, 5.41) is 7.92. The zero-order valence-electron chi connectivity index (χ0n) is 19.5. The fourth-order valence-electron chi connectivity index (χ4n) is 4.12. The topological polar surface area (TPSA) is 71.8 Å². The molecule has 194 valence electrons. The van der Waals surface area contributed by atoms with Crippen LogP contribution in [0.4, 0.5) is 17.6 Å². The van der Waals surface area contributed by atoms with Gasteiger partial charge in [-0.2, -0.15) is 18.3 Å². The molecule has 4 aromatic rings. The predicted octanol–water partition coefficient (Wildman–Crippen LogP) is 4.84. The van der Waals surface area contributed by atoms with Gasteiger partial charge in [0.05, 0.1) is 11.1 Å². The van der Waals surface area contributed by atoms with Gasteiger partial charge in [-0.15, -0.1) is 11.3 Å². The molecule has 4 heterocycles. The third-order valence-electron chi connectivity index (χ3n) is 6.02. The number of alkyl halides is 4. The molecule has 0 saturated carbocycles. The number of hydrogen-bond donors (Lipinski definition) is 1. The molecule has 1 N–H and O–H groups in total. The van der Waals surface area contributed by atoms with Crippen LogP contribution in [0, 0.1) is 0 Å². The molecule has 0 aliphatic carbocycles. The van der Waals surface area contributed by atoms with Crippen LogP contribution in [0.3, 0.4) is 0 Å². The van der Waals surface area contributed by atoms with Crippen LogP contribution in [-0.4, -0.2) is 70.5 Å². The number of thiophene rings is 1. The van der Waals surface area contributed by atoms with Crippen molar-refractivity contribution >= 4 is 22.9 Å². The average Bonchev–Trinajstić information content (AvgIpc) is 3.62. The molecule has 1 amide bonds. The summed E-state index contributed by atoms with van der Waals surface area (Å²) in [5.74, 6) is -0.0557. The van der Waals surface area contributed by atoms with E-state index in [1.807, 2.05) is 35.8 Å². The molecule has 12 heteroatoms. The van der Waals surface area contributed by atoms with Crippen LogP contribution < -0.4 is 10.1 Å². The number of carbonyl (C=O) groups excluding carboxylic acids is 1. The van der Waals surface area contributed by atoms with Crippen LogP contribution in [0.5, 0.6) is 5.75 Å². The Morgan fingerprint density at radius 3 is 2.70 bits per heavy atom. The first-order valence-corrected chi connectivity index (χ1v) is 12.5. The number of nitrogens with one attached hydrogen (secondary N) is 1. The van der Waals surface area contributed by atoms with Gasteiger partial charge >= 0.3 is 6.18 Å². The van der Waals surface area contributed by atoms with Crippen molar-refractivity contribution in [2.24, 2.45) is 0 Å². The van der Waals surface area contributed by atoms with E-state index in [1.54, 1.807) is 22.3 Å². The molecule has 0 radical (unpaired) electrons. The first kappa shape index (κ1) is 25.2. The molecule has 1 aliphatic rings. The maximum Gasteiger partial charge on any atom is 0.405 e. The van der Waals surface area contributed by atoms with Crippen LogP contribution in [0.15, 0.2) is 54.3 Å². The molecule has 0 unspecified atom stereocenters. The molecule has 1 fully saturated rings. The molecule has 1 aromatic carbocycles. The Morgan fingerprint density at radius 2 is 1.97 bits per heavy atom. The lowest BCUT2D eigenvalue weighted by Crippen LogP contribution is -2.33. The lowest BCUT2D eigenvalue weighted by molar-refractivity contribution is -0.123. The van der Waals surface area contributed by atoms with E-state index in [1.165, 1.54) is 6.07 Å². The quantitative estimate of drug-likeness (QED) is 0.328. The lowest BCUT2D eigenvalue weighted by Gasteiger charge is -2.15. The Bertz CT molecular complexity index is 1390. The van der Waals surface area contributed by atoms with Crippen LogP contribution in [0.1, 0.15) is 16.1 Å². The number of hydrogen-bond acceptors (Lipinski definition) is 6. The number of halogens is 4. The third-order valence-corrected chi connectivity index (χ3v) is 6.95. The second-order valence-electron chi connectivity index (χ2n) is 8.73. The van der Waals surface area contributed by atoms with Gasteiger partial charge < -0.3 is 10.1 Å². The first-order chi connectivity index (χ1) is 17.7. The van der Waals surface area contributed by atoms with Gasteiger partial charge in [0.2, 0.25) is 0 Å². The van der Waals surface area contributed by atoms with E-state index >= 15 is 0 Å². The fraction of sp³-hybridized carbons (Fsp3) is 0.320. The zero-order valence-corrected chi connectivity index (χ0v) is 20.4.